The van der Waals surface area contributed by atoms with Gasteiger partial charge in [-0.1, -0.05) is 0 Å². The second-order valence-corrected chi connectivity index (χ2v) is 7.09. The summed E-state index contributed by atoms with van der Waals surface area (Å²) in [6.45, 7) is 3.97. The highest BCUT2D eigenvalue weighted by Crippen LogP contribution is 2.29. The summed E-state index contributed by atoms with van der Waals surface area (Å²) in [5.74, 6) is 0.431. The van der Waals surface area contributed by atoms with E-state index in [1.54, 1.807) is 4.90 Å². The zero-order valence-corrected chi connectivity index (χ0v) is 14.8. The van der Waals surface area contributed by atoms with Crippen molar-refractivity contribution in [1.82, 2.24) is 20.1 Å². The molecule has 1 N–H and O–H groups in total. The fourth-order valence-electron chi connectivity index (χ4n) is 3.27. The van der Waals surface area contributed by atoms with Crippen LogP contribution < -0.4 is 0 Å². The van der Waals surface area contributed by atoms with Crippen LogP contribution in [-0.4, -0.2) is 44.9 Å². The number of Topliss-reactive ketones (excluding diaryl/α,β-unsaturated/α-hetero) is 1. The molecule has 2 aromatic heterocycles. The molecule has 4 rings (SSSR count). The van der Waals surface area contributed by atoms with E-state index in [-0.39, 0.29) is 17.4 Å². The third kappa shape index (κ3) is 3.53. The van der Waals surface area contributed by atoms with Crippen molar-refractivity contribution in [2.45, 2.75) is 39.3 Å². The molecule has 7 heteroatoms. The van der Waals surface area contributed by atoms with E-state index in [4.69, 9.17) is 4.74 Å². The highest BCUT2D eigenvalue weighted by molar-refractivity contribution is 5.97. The number of pyridine rings is 1. The minimum Gasteiger partial charge on any atom is -0.376 e. The number of fused-ring (bicyclic) bond motifs is 1. The summed E-state index contributed by atoms with van der Waals surface area (Å²) in [5.41, 5.74) is 4.05. The van der Waals surface area contributed by atoms with Crippen LogP contribution in [0.4, 0.5) is 0 Å². The summed E-state index contributed by atoms with van der Waals surface area (Å²) in [6.07, 6.45) is 7.03. The predicted molar refractivity (Wildman–Crippen MR) is 93.7 cm³/mol. The number of carbonyl (C=O) groups is 2. The van der Waals surface area contributed by atoms with Crippen LogP contribution in [0.25, 0.3) is 0 Å². The molecule has 2 aliphatic rings. The van der Waals surface area contributed by atoms with Gasteiger partial charge in [0.25, 0.3) is 5.91 Å². The van der Waals surface area contributed by atoms with Crippen LogP contribution in [0.5, 0.6) is 0 Å². The Labute approximate surface area is 151 Å². The number of rotatable bonds is 6. The molecule has 0 aromatic carbocycles. The maximum atomic E-state index is 12.7. The molecule has 0 bridgehead atoms. The lowest BCUT2D eigenvalue weighted by atomic mass is 9.97. The van der Waals surface area contributed by atoms with E-state index in [0.717, 1.165) is 30.1 Å². The molecule has 26 heavy (non-hydrogen) atoms. The van der Waals surface area contributed by atoms with Gasteiger partial charge < -0.3 is 9.64 Å². The van der Waals surface area contributed by atoms with Crippen LogP contribution in [-0.2, 0) is 24.3 Å². The largest absolute Gasteiger partial charge is 0.376 e. The summed E-state index contributed by atoms with van der Waals surface area (Å²) < 4.78 is 5.81. The minimum atomic E-state index is -0.163. The number of H-pyrrole nitrogens is 1. The first-order chi connectivity index (χ1) is 12.6. The van der Waals surface area contributed by atoms with Gasteiger partial charge in [-0.2, -0.15) is 5.10 Å². The van der Waals surface area contributed by atoms with Crippen LogP contribution in [0, 0.1) is 5.92 Å². The van der Waals surface area contributed by atoms with E-state index in [0.29, 0.717) is 25.4 Å². The summed E-state index contributed by atoms with van der Waals surface area (Å²) in [7, 11) is 0. The zero-order chi connectivity index (χ0) is 18.1. The quantitative estimate of drug-likeness (QED) is 0.803. The number of nitrogens with zero attached hydrogens (tertiary/aromatic N) is 3. The summed E-state index contributed by atoms with van der Waals surface area (Å²) in [4.78, 5) is 30.1. The lowest BCUT2D eigenvalue weighted by Crippen LogP contribution is -2.36. The van der Waals surface area contributed by atoms with Gasteiger partial charge in [0.2, 0.25) is 0 Å². The monoisotopic (exact) mass is 354 g/mol. The van der Waals surface area contributed by atoms with Crippen LogP contribution in [0.3, 0.4) is 0 Å². The Bertz CT molecular complexity index is 841. The Morgan fingerprint density at radius 1 is 1.35 bits per heavy atom. The van der Waals surface area contributed by atoms with Gasteiger partial charge in [0.05, 0.1) is 6.61 Å². The molecule has 1 aliphatic heterocycles. The molecule has 1 saturated carbocycles. The minimum absolute atomic E-state index is 0.147. The van der Waals surface area contributed by atoms with Crippen molar-refractivity contribution in [3.8, 4) is 0 Å². The summed E-state index contributed by atoms with van der Waals surface area (Å²) in [5, 5.41) is 6.56. The van der Waals surface area contributed by atoms with E-state index in [1.165, 1.54) is 31.4 Å². The molecular weight excluding hydrogens is 332 g/mol. The van der Waals surface area contributed by atoms with Crippen molar-refractivity contribution in [2.75, 3.05) is 13.2 Å². The number of amides is 1. The van der Waals surface area contributed by atoms with Crippen LogP contribution in [0.2, 0.25) is 0 Å². The van der Waals surface area contributed by atoms with E-state index in [9.17, 15) is 9.59 Å². The summed E-state index contributed by atoms with van der Waals surface area (Å²) >= 11 is 0. The van der Waals surface area contributed by atoms with Gasteiger partial charge in [-0.05, 0) is 47.9 Å². The molecule has 0 atom stereocenters. The number of aromatic nitrogens is 3. The van der Waals surface area contributed by atoms with Gasteiger partial charge in [0.15, 0.2) is 5.78 Å². The van der Waals surface area contributed by atoms with Crippen LogP contribution >= 0.6 is 0 Å². The number of carbonyl (C=O) groups excluding carboxylic acids is 2. The van der Waals surface area contributed by atoms with E-state index in [1.807, 2.05) is 12.4 Å². The molecule has 0 radical (unpaired) electrons. The first-order valence-corrected chi connectivity index (χ1v) is 9.00. The molecule has 1 aliphatic carbocycles. The molecule has 136 valence electrons. The Balaban J connectivity index is 1.44. The molecule has 1 fully saturated rings. The Hall–Kier alpha value is -2.54. The lowest BCUT2D eigenvalue weighted by molar-refractivity contribution is 0.0726. The topological polar surface area (TPSA) is 88.2 Å². The van der Waals surface area contributed by atoms with Crippen molar-refractivity contribution in [3.05, 3.63) is 46.5 Å². The van der Waals surface area contributed by atoms with Gasteiger partial charge in [-0.15, -0.1) is 0 Å². The molecule has 2 aromatic rings. The maximum Gasteiger partial charge on any atom is 0.272 e. The SMILES string of the molecule is CC(=O)c1cc(C(=O)N2CCc3c(COCC4CC4)cncc3C2)[nH]n1. The highest BCUT2D eigenvalue weighted by Gasteiger charge is 2.26. The van der Waals surface area contributed by atoms with Crippen LogP contribution in [0.15, 0.2) is 18.5 Å². The number of ether oxygens (including phenoxy) is 1. The molecule has 7 nitrogen and oxygen atoms in total. The summed E-state index contributed by atoms with van der Waals surface area (Å²) in [6, 6.07) is 1.51. The third-order valence-electron chi connectivity index (χ3n) is 4.99. The van der Waals surface area contributed by atoms with Crippen molar-refractivity contribution in [1.29, 1.82) is 0 Å². The standard InChI is InChI=1S/C19H22N4O3/c1-12(24)17-6-18(22-21-17)19(25)23-5-4-16-14(9-23)7-20-8-15(16)11-26-10-13-2-3-13/h6-8,13H,2-5,9-11H2,1H3,(H,21,22). The molecular formula is C19H22N4O3. The molecule has 0 unspecified atom stereocenters. The number of hydrogen-bond acceptors (Lipinski definition) is 5. The van der Waals surface area contributed by atoms with Crippen molar-refractivity contribution < 1.29 is 14.3 Å². The smallest absolute Gasteiger partial charge is 0.272 e. The van der Waals surface area contributed by atoms with Crippen molar-refractivity contribution >= 4 is 11.7 Å². The average Bonchev–Trinajstić information content (AvgIpc) is 3.33. The Kier molecular flexibility index (Phi) is 4.55. The fourth-order valence-corrected chi connectivity index (χ4v) is 3.27. The van der Waals surface area contributed by atoms with E-state index in [2.05, 4.69) is 15.2 Å². The van der Waals surface area contributed by atoms with Gasteiger partial charge >= 0.3 is 0 Å². The average molecular weight is 354 g/mol. The van der Waals surface area contributed by atoms with Gasteiger partial charge in [-0.3, -0.25) is 19.7 Å². The second-order valence-electron chi connectivity index (χ2n) is 7.09. The molecule has 3 heterocycles. The first kappa shape index (κ1) is 16.9. The third-order valence-corrected chi connectivity index (χ3v) is 4.99. The molecule has 0 saturated heterocycles. The molecule has 0 spiro atoms. The first-order valence-electron chi connectivity index (χ1n) is 9.00. The fraction of sp³-hybridized carbons (Fsp3) is 0.474. The van der Waals surface area contributed by atoms with Crippen molar-refractivity contribution in [3.63, 3.8) is 0 Å². The Morgan fingerprint density at radius 2 is 2.19 bits per heavy atom. The van der Waals surface area contributed by atoms with Crippen molar-refractivity contribution in [2.24, 2.45) is 5.92 Å². The number of aromatic amines is 1. The highest BCUT2D eigenvalue weighted by atomic mass is 16.5. The zero-order valence-electron chi connectivity index (χ0n) is 14.8. The van der Waals surface area contributed by atoms with E-state index < -0.39 is 0 Å². The predicted octanol–water partition coefficient (Wildman–Crippen LogP) is 2.13. The number of nitrogens with one attached hydrogen (secondary N) is 1. The normalized spacial score (nSPS) is 16.4. The number of ketones is 1. The Morgan fingerprint density at radius 3 is 2.92 bits per heavy atom. The van der Waals surface area contributed by atoms with E-state index >= 15 is 0 Å². The lowest BCUT2D eigenvalue weighted by Gasteiger charge is -2.29. The van der Waals surface area contributed by atoms with Gasteiger partial charge in [0, 0.05) is 39.0 Å². The number of hydrogen-bond donors (Lipinski definition) is 1. The molecule has 1 amide bonds. The van der Waals surface area contributed by atoms with Gasteiger partial charge in [0.1, 0.15) is 11.4 Å². The maximum absolute atomic E-state index is 12.7. The second kappa shape index (κ2) is 6.99. The van der Waals surface area contributed by atoms with Crippen LogP contribution in [0.1, 0.15) is 57.4 Å². The van der Waals surface area contributed by atoms with Gasteiger partial charge in [-0.25, -0.2) is 0 Å².